The molecule has 0 aliphatic carbocycles. The van der Waals surface area contributed by atoms with Gasteiger partial charge >= 0.3 is 5.97 Å². The Morgan fingerprint density at radius 1 is 1.35 bits per heavy atom. The van der Waals surface area contributed by atoms with Gasteiger partial charge in [-0.15, -0.1) is 11.3 Å². The molecule has 0 spiro atoms. The van der Waals surface area contributed by atoms with E-state index in [0.29, 0.717) is 17.3 Å². The van der Waals surface area contributed by atoms with Crippen LogP contribution in [0.15, 0.2) is 34.4 Å². The molecule has 0 fully saturated rings. The van der Waals surface area contributed by atoms with Crippen LogP contribution in [0.2, 0.25) is 0 Å². The minimum atomic E-state index is -1.03. The van der Waals surface area contributed by atoms with Gasteiger partial charge in [0.05, 0.1) is 5.56 Å². The van der Waals surface area contributed by atoms with Crippen LogP contribution in [-0.2, 0) is 0 Å². The quantitative estimate of drug-likeness (QED) is 0.796. The number of thiazole rings is 1. The predicted octanol–water partition coefficient (Wildman–Crippen LogP) is 2.87. The van der Waals surface area contributed by atoms with E-state index in [1.807, 2.05) is 6.92 Å². The lowest BCUT2D eigenvalue weighted by Gasteiger charge is -1.95. The molecule has 3 rings (SSSR count). The third-order valence-electron chi connectivity index (χ3n) is 2.60. The maximum Gasteiger partial charge on any atom is 0.338 e. The molecule has 6 nitrogen and oxygen atoms in total. The molecular weight excluding hydrogens is 278 g/mol. The van der Waals surface area contributed by atoms with Crippen molar-refractivity contribution in [3.05, 3.63) is 41.4 Å². The Kier molecular flexibility index (Phi) is 3.03. The molecule has 0 aliphatic rings. The van der Waals surface area contributed by atoms with Crippen LogP contribution in [0.5, 0.6) is 0 Å². The molecule has 0 radical (unpaired) electrons. The molecule has 20 heavy (non-hydrogen) atoms. The molecule has 0 aromatic carbocycles. The summed E-state index contributed by atoms with van der Waals surface area (Å²) in [6.45, 7) is 1.81. The second kappa shape index (κ2) is 4.86. The number of nitrogens with zero attached hydrogens (tertiary/aromatic N) is 3. The summed E-state index contributed by atoms with van der Waals surface area (Å²) in [6.07, 6.45) is 2.87. The molecule has 0 bridgehead atoms. The fourth-order valence-electron chi connectivity index (χ4n) is 1.66. The van der Waals surface area contributed by atoms with Gasteiger partial charge in [0.15, 0.2) is 5.76 Å². The Morgan fingerprint density at radius 2 is 2.20 bits per heavy atom. The molecule has 0 amide bonds. The molecule has 0 saturated heterocycles. The molecule has 100 valence electrons. The molecule has 3 aromatic rings. The van der Waals surface area contributed by atoms with Crippen molar-refractivity contribution in [2.75, 3.05) is 0 Å². The first-order valence-electron chi connectivity index (χ1n) is 5.71. The number of aryl methyl sites for hydroxylation is 1. The van der Waals surface area contributed by atoms with Crippen LogP contribution < -0.4 is 0 Å². The van der Waals surface area contributed by atoms with Crippen LogP contribution in [0.3, 0.4) is 0 Å². The number of aromatic carboxylic acids is 1. The Hall–Kier alpha value is -2.54. The van der Waals surface area contributed by atoms with E-state index in [4.69, 9.17) is 9.52 Å². The summed E-state index contributed by atoms with van der Waals surface area (Å²) in [5, 5.41) is 11.4. The second-order valence-electron chi connectivity index (χ2n) is 4.03. The number of hydrogen-bond donors (Lipinski definition) is 1. The van der Waals surface area contributed by atoms with Crippen molar-refractivity contribution >= 4 is 17.3 Å². The maximum atomic E-state index is 10.8. The van der Waals surface area contributed by atoms with Crippen molar-refractivity contribution in [2.45, 2.75) is 6.92 Å². The molecule has 7 heteroatoms. The van der Waals surface area contributed by atoms with Crippen LogP contribution in [0.25, 0.3) is 22.2 Å². The fraction of sp³-hybridized carbons (Fsp3) is 0.0769. The van der Waals surface area contributed by atoms with E-state index < -0.39 is 5.97 Å². The van der Waals surface area contributed by atoms with E-state index in [2.05, 4.69) is 15.0 Å². The van der Waals surface area contributed by atoms with E-state index in [-0.39, 0.29) is 5.56 Å². The largest absolute Gasteiger partial charge is 0.478 e. The topological polar surface area (TPSA) is 89.1 Å². The van der Waals surface area contributed by atoms with E-state index in [1.54, 1.807) is 17.6 Å². The normalized spacial score (nSPS) is 10.7. The van der Waals surface area contributed by atoms with Gasteiger partial charge in [0.1, 0.15) is 28.5 Å². The molecule has 0 atom stereocenters. The monoisotopic (exact) mass is 287 g/mol. The van der Waals surface area contributed by atoms with E-state index in [0.717, 1.165) is 10.7 Å². The minimum absolute atomic E-state index is 0.104. The number of rotatable bonds is 3. The molecule has 3 heterocycles. The molecule has 0 unspecified atom stereocenters. The van der Waals surface area contributed by atoms with Gasteiger partial charge in [-0.1, -0.05) is 0 Å². The SMILES string of the molecule is Cc1nccc(-c2nc(-c3cc(C(=O)O)co3)cs2)n1. The summed E-state index contributed by atoms with van der Waals surface area (Å²) < 4.78 is 5.22. The van der Waals surface area contributed by atoms with Gasteiger partial charge in [0, 0.05) is 17.6 Å². The zero-order valence-corrected chi connectivity index (χ0v) is 11.2. The highest BCUT2D eigenvalue weighted by Gasteiger charge is 2.13. The van der Waals surface area contributed by atoms with Gasteiger partial charge in [0.25, 0.3) is 0 Å². The van der Waals surface area contributed by atoms with Gasteiger partial charge in [-0.2, -0.15) is 0 Å². The molecule has 1 N–H and O–H groups in total. The lowest BCUT2D eigenvalue weighted by Crippen LogP contribution is -1.91. The van der Waals surface area contributed by atoms with Crippen LogP contribution >= 0.6 is 11.3 Å². The summed E-state index contributed by atoms with van der Waals surface area (Å²) in [7, 11) is 0. The third-order valence-corrected chi connectivity index (χ3v) is 3.46. The van der Waals surface area contributed by atoms with Crippen molar-refractivity contribution in [3.63, 3.8) is 0 Å². The van der Waals surface area contributed by atoms with E-state index in [9.17, 15) is 4.79 Å². The first-order valence-corrected chi connectivity index (χ1v) is 6.59. The highest BCUT2D eigenvalue weighted by molar-refractivity contribution is 7.13. The van der Waals surface area contributed by atoms with Crippen molar-refractivity contribution in [3.8, 4) is 22.2 Å². The summed E-state index contributed by atoms with van der Waals surface area (Å²) in [5.74, 6) is 0.0722. The summed E-state index contributed by atoms with van der Waals surface area (Å²) in [4.78, 5) is 23.6. The lowest BCUT2D eigenvalue weighted by atomic mass is 10.3. The van der Waals surface area contributed by atoms with Crippen molar-refractivity contribution < 1.29 is 14.3 Å². The summed E-state index contributed by atoms with van der Waals surface area (Å²) >= 11 is 1.42. The molecule has 3 aromatic heterocycles. The number of carboxylic acids is 1. The smallest absolute Gasteiger partial charge is 0.338 e. The lowest BCUT2D eigenvalue weighted by molar-refractivity contribution is 0.0696. The summed E-state index contributed by atoms with van der Waals surface area (Å²) in [6, 6.07) is 3.23. The van der Waals surface area contributed by atoms with Crippen LogP contribution in [0.4, 0.5) is 0 Å². The Labute approximate surface area is 117 Å². The second-order valence-corrected chi connectivity index (χ2v) is 4.89. The van der Waals surface area contributed by atoms with Gasteiger partial charge in [-0.3, -0.25) is 0 Å². The number of aromatic nitrogens is 3. The van der Waals surface area contributed by atoms with Gasteiger partial charge in [-0.05, 0) is 13.0 Å². The van der Waals surface area contributed by atoms with E-state index >= 15 is 0 Å². The third kappa shape index (κ3) is 2.30. The first kappa shape index (κ1) is 12.5. The van der Waals surface area contributed by atoms with Crippen molar-refractivity contribution in [1.29, 1.82) is 0 Å². The average Bonchev–Trinajstić information content (AvgIpc) is 3.08. The maximum absolute atomic E-state index is 10.8. The minimum Gasteiger partial charge on any atom is -0.478 e. The number of carbonyl (C=O) groups is 1. The number of furan rings is 1. The van der Waals surface area contributed by atoms with Gasteiger partial charge < -0.3 is 9.52 Å². The van der Waals surface area contributed by atoms with Gasteiger partial charge in [-0.25, -0.2) is 19.7 Å². The van der Waals surface area contributed by atoms with Crippen LogP contribution in [0, 0.1) is 6.92 Å². The van der Waals surface area contributed by atoms with Crippen molar-refractivity contribution in [2.24, 2.45) is 0 Å². The van der Waals surface area contributed by atoms with Crippen LogP contribution in [-0.4, -0.2) is 26.0 Å². The van der Waals surface area contributed by atoms with Crippen LogP contribution in [0.1, 0.15) is 16.2 Å². The standard InChI is InChI=1S/C13H9N3O3S/c1-7-14-3-2-9(15-7)12-16-10(6-20-12)11-4-8(5-19-11)13(17)18/h2-6H,1H3,(H,17,18). The molecular formula is C13H9N3O3S. The highest BCUT2D eigenvalue weighted by Crippen LogP contribution is 2.28. The highest BCUT2D eigenvalue weighted by atomic mass is 32.1. The van der Waals surface area contributed by atoms with Crippen molar-refractivity contribution in [1.82, 2.24) is 15.0 Å². The zero-order valence-electron chi connectivity index (χ0n) is 10.4. The summed E-state index contributed by atoms with van der Waals surface area (Å²) in [5.41, 5.74) is 1.43. The number of hydrogen-bond acceptors (Lipinski definition) is 6. The molecule has 0 saturated carbocycles. The number of carboxylic acid groups (broad SMARTS) is 1. The Bertz CT molecular complexity index is 779. The molecule has 0 aliphatic heterocycles. The fourth-order valence-corrected chi connectivity index (χ4v) is 2.44. The first-order chi connectivity index (χ1) is 9.63. The average molecular weight is 287 g/mol. The Morgan fingerprint density at radius 3 is 2.90 bits per heavy atom. The predicted molar refractivity (Wildman–Crippen MR) is 72.5 cm³/mol. The van der Waals surface area contributed by atoms with E-state index in [1.165, 1.54) is 23.7 Å². The Balaban J connectivity index is 1.95. The van der Waals surface area contributed by atoms with Gasteiger partial charge in [0.2, 0.25) is 0 Å². The zero-order chi connectivity index (χ0) is 14.1.